The minimum Gasteiger partial charge on any atom is -0.380 e. The molecule has 7 heteroatoms. The van der Waals surface area contributed by atoms with Crippen molar-refractivity contribution >= 4 is 11.7 Å². The van der Waals surface area contributed by atoms with Crippen LogP contribution in [-0.2, 0) is 17.6 Å². The van der Waals surface area contributed by atoms with E-state index in [-0.39, 0.29) is 18.1 Å². The number of anilines is 1. The molecule has 1 amide bonds. The SMILES string of the molecule is CO[C@@H]1C[C@H](CNC(=O)c2cncc3c2CCCC3)N(c2cc(C)ncn2)C1. The largest absolute Gasteiger partial charge is 0.380 e. The van der Waals surface area contributed by atoms with Crippen molar-refractivity contribution < 1.29 is 9.53 Å². The molecule has 2 aromatic heterocycles. The summed E-state index contributed by atoms with van der Waals surface area (Å²) in [4.78, 5) is 28.0. The molecule has 0 spiro atoms. The summed E-state index contributed by atoms with van der Waals surface area (Å²) in [5.74, 6) is 0.844. The van der Waals surface area contributed by atoms with Gasteiger partial charge in [-0.25, -0.2) is 9.97 Å². The fraction of sp³-hybridized carbons (Fsp3) is 0.524. The maximum absolute atomic E-state index is 12.9. The molecular weight excluding hydrogens is 354 g/mol. The molecule has 1 aliphatic heterocycles. The molecule has 2 aromatic rings. The van der Waals surface area contributed by atoms with E-state index in [2.05, 4.69) is 25.2 Å². The molecule has 0 unspecified atom stereocenters. The lowest BCUT2D eigenvalue weighted by molar-refractivity contribution is 0.0944. The van der Waals surface area contributed by atoms with Crippen LogP contribution in [0, 0.1) is 6.92 Å². The van der Waals surface area contributed by atoms with Crippen molar-refractivity contribution in [3.05, 3.63) is 47.2 Å². The number of pyridine rings is 1. The Bertz CT molecular complexity index is 856. The van der Waals surface area contributed by atoms with Crippen molar-refractivity contribution in [3.63, 3.8) is 0 Å². The van der Waals surface area contributed by atoms with Gasteiger partial charge in [0.2, 0.25) is 0 Å². The van der Waals surface area contributed by atoms with Crippen molar-refractivity contribution in [2.45, 2.75) is 51.2 Å². The first-order valence-electron chi connectivity index (χ1n) is 9.97. The molecule has 3 heterocycles. The lowest BCUT2D eigenvalue weighted by Crippen LogP contribution is -2.41. The molecule has 4 rings (SSSR count). The zero-order valence-electron chi connectivity index (χ0n) is 16.5. The van der Waals surface area contributed by atoms with Crippen molar-refractivity contribution in [1.29, 1.82) is 0 Å². The second kappa shape index (κ2) is 8.22. The molecule has 7 nitrogen and oxygen atoms in total. The number of aryl methyl sites for hydroxylation is 2. The van der Waals surface area contributed by atoms with Crippen molar-refractivity contribution in [2.75, 3.05) is 25.1 Å². The Balaban J connectivity index is 1.48. The number of nitrogens with one attached hydrogen (secondary N) is 1. The number of amides is 1. The third-order valence-corrected chi connectivity index (χ3v) is 5.81. The normalized spacial score (nSPS) is 21.4. The standard InChI is InChI=1S/C21H27N5O2/c1-14-7-20(25-13-24-14)26-12-17(28-2)8-16(26)10-23-21(27)19-11-22-9-15-5-3-4-6-18(15)19/h7,9,11,13,16-17H,3-6,8,10,12H2,1-2H3,(H,23,27)/t16-,17-/m1/s1. The van der Waals surface area contributed by atoms with E-state index in [0.717, 1.165) is 49.3 Å². The van der Waals surface area contributed by atoms with Gasteiger partial charge in [-0.1, -0.05) is 0 Å². The average molecular weight is 381 g/mol. The van der Waals surface area contributed by atoms with Gasteiger partial charge in [0.25, 0.3) is 5.91 Å². The Morgan fingerprint density at radius 1 is 1.29 bits per heavy atom. The molecular formula is C21H27N5O2. The van der Waals surface area contributed by atoms with Gasteiger partial charge in [-0.3, -0.25) is 9.78 Å². The van der Waals surface area contributed by atoms with Crippen LogP contribution in [-0.4, -0.2) is 53.2 Å². The zero-order chi connectivity index (χ0) is 19.5. The Morgan fingerprint density at radius 2 is 2.14 bits per heavy atom. The second-order valence-electron chi connectivity index (χ2n) is 7.66. The van der Waals surface area contributed by atoms with E-state index in [1.165, 1.54) is 17.5 Å². The third-order valence-electron chi connectivity index (χ3n) is 5.81. The van der Waals surface area contributed by atoms with Crippen LogP contribution in [0.3, 0.4) is 0 Å². The van der Waals surface area contributed by atoms with Gasteiger partial charge in [-0.2, -0.15) is 0 Å². The lowest BCUT2D eigenvalue weighted by Gasteiger charge is -2.26. The summed E-state index contributed by atoms with van der Waals surface area (Å²) < 4.78 is 5.58. The van der Waals surface area contributed by atoms with E-state index in [0.29, 0.717) is 6.54 Å². The maximum Gasteiger partial charge on any atom is 0.253 e. The fourth-order valence-electron chi connectivity index (χ4n) is 4.28. The van der Waals surface area contributed by atoms with Gasteiger partial charge < -0.3 is 15.0 Å². The number of carbonyl (C=O) groups excluding carboxylic acids is 1. The molecule has 1 saturated heterocycles. The highest BCUT2D eigenvalue weighted by atomic mass is 16.5. The number of carbonyl (C=O) groups is 1. The summed E-state index contributed by atoms with van der Waals surface area (Å²) in [6.07, 6.45) is 10.5. The van der Waals surface area contributed by atoms with Crippen LogP contribution in [0.1, 0.15) is 46.4 Å². The molecule has 1 fully saturated rings. The molecule has 1 N–H and O–H groups in total. The number of aromatic nitrogens is 3. The average Bonchev–Trinajstić information content (AvgIpc) is 3.15. The van der Waals surface area contributed by atoms with Crippen molar-refractivity contribution in [3.8, 4) is 0 Å². The van der Waals surface area contributed by atoms with Gasteiger partial charge in [0, 0.05) is 44.4 Å². The second-order valence-corrected chi connectivity index (χ2v) is 7.66. The summed E-state index contributed by atoms with van der Waals surface area (Å²) in [5, 5.41) is 3.13. The molecule has 148 valence electrons. The van der Waals surface area contributed by atoms with Crippen LogP contribution in [0.15, 0.2) is 24.8 Å². The van der Waals surface area contributed by atoms with E-state index < -0.39 is 0 Å². The lowest BCUT2D eigenvalue weighted by atomic mass is 9.90. The van der Waals surface area contributed by atoms with Gasteiger partial charge in [0.1, 0.15) is 12.1 Å². The number of hydrogen-bond donors (Lipinski definition) is 1. The zero-order valence-corrected chi connectivity index (χ0v) is 16.5. The van der Waals surface area contributed by atoms with Crippen LogP contribution in [0.25, 0.3) is 0 Å². The molecule has 0 saturated carbocycles. The number of fused-ring (bicyclic) bond motifs is 1. The molecule has 1 aliphatic carbocycles. The predicted molar refractivity (Wildman–Crippen MR) is 107 cm³/mol. The van der Waals surface area contributed by atoms with E-state index in [1.54, 1.807) is 19.6 Å². The first-order chi connectivity index (χ1) is 13.7. The van der Waals surface area contributed by atoms with Crippen molar-refractivity contribution in [2.24, 2.45) is 0 Å². The first kappa shape index (κ1) is 18.8. The molecule has 0 aromatic carbocycles. The van der Waals surface area contributed by atoms with Gasteiger partial charge in [0.05, 0.1) is 17.7 Å². The van der Waals surface area contributed by atoms with E-state index in [9.17, 15) is 4.79 Å². The van der Waals surface area contributed by atoms with Gasteiger partial charge in [0.15, 0.2) is 0 Å². The minimum absolute atomic E-state index is 0.0362. The Hall–Kier alpha value is -2.54. The summed E-state index contributed by atoms with van der Waals surface area (Å²) in [6.45, 7) is 3.26. The number of hydrogen-bond acceptors (Lipinski definition) is 6. The van der Waals surface area contributed by atoms with E-state index in [4.69, 9.17) is 4.74 Å². The predicted octanol–water partition coefficient (Wildman–Crippen LogP) is 2.08. The molecule has 2 atom stereocenters. The van der Waals surface area contributed by atoms with Crippen LogP contribution < -0.4 is 10.2 Å². The highest BCUT2D eigenvalue weighted by molar-refractivity contribution is 5.95. The minimum atomic E-state index is -0.0362. The summed E-state index contributed by atoms with van der Waals surface area (Å²) in [5.41, 5.74) is 4.04. The van der Waals surface area contributed by atoms with Crippen molar-refractivity contribution in [1.82, 2.24) is 20.3 Å². The van der Waals surface area contributed by atoms with Crippen LogP contribution in [0.4, 0.5) is 5.82 Å². The molecule has 2 aliphatic rings. The van der Waals surface area contributed by atoms with E-state index >= 15 is 0 Å². The number of rotatable bonds is 5. The van der Waals surface area contributed by atoms with Gasteiger partial charge in [-0.05, 0) is 50.2 Å². The first-order valence-corrected chi connectivity index (χ1v) is 9.97. The number of nitrogens with zero attached hydrogens (tertiary/aromatic N) is 4. The van der Waals surface area contributed by atoms with Crippen LogP contribution in [0.2, 0.25) is 0 Å². The fourth-order valence-corrected chi connectivity index (χ4v) is 4.28. The Kier molecular flexibility index (Phi) is 5.52. The number of methoxy groups -OCH3 is 1. The van der Waals surface area contributed by atoms with E-state index in [1.807, 2.05) is 19.2 Å². The third kappa shape index (κ3) is 3.85. The molecule has 0 bridgehead atoms. The summed E-state index contributed by atoms with van der Waals surface area (Å²) >= 11 is 0. The topological polar surface area (TPSA) is 80.2 Å². The van der Waals surface area contributed by atoms with Crippen LogP contribution >= 0.6 is 0 Å². The number of ether oxygens (including phenoxy) is 1. The Morgan fingerprint density at radius 3 is 2.96 bits per heavy atom. The highest BCUT2D eigenvalue weighted by Crippen LogP contribution is 2.26. The highest BCUT2D eigenvalue weighted by Gasteiger charge is 2.33. The molecule has 28 heavy (non-hydrogen) atoms. The van der Waals surface area contributed by atoms with Gasteiger partial charge in [-0.15, -0.1) is 0 Å². The maximum atomic E-state index is 12.9. The summed E-state index contributed by atoms with van der Waals surface area (Å²) in [6, 6.07) is 2.11. The molecule has 0 radical (unpaired) electrons. The quantitative estimate of drug-likeness (QED) is 0.854. The monoisotopic (exact) mass is 381 g/mol. The van der Waals surface area contributed by atoms with Crippen LogP contribution in [0.5, 0.6) is 0 Å². The summed E-state index contributed by atoms with van der Waals surface area (Å²) in [7, 11) is 1.73. The smallest absolute Gasteiger partial charge is 0.253 e. The van der Waals surface area contributed by atoms with Gasteiger partial charge >= 0.3 is 0 Å². The Labute approximate surface area is 165 Å².